The molecule has 5 nitrogen and oxygen atoms in total. The first-order valence-corrected chi connectivity index (χ1v) is 10.4. The molecule has 0 saturated carbocycles. The summed E-state index contributed by atoms with van der Waals surface area (Å²) in [5.41, 5.74) is -0.214. The van der Waals surface area contributed by atoms with E-state index in [4.69, 9.17) is 4.74 Å². The molecule has 0 saturated heterocycles. The molecule has 1 N–H and O–H groups in total. The van der Waals surface area contributed by atoms with Gasteiger partial charge < -0.3 is 10.1 Å². The maximum absolute atomic E-state index is 13.9. The molecule has 1 amide bonds. The molecule has 12 heteroatoms. The molecule has 0 fully saturated rings. The maximum atomic E-state index is 13.9. The van der Waals surface area contributed by atoms with E-state index < -0.39 is 52.9 Å². The second-order valence-electron chi connectivity index (χ2n) is 6.99. The molecule has 0 aliphatic rings. The third-order valence-corrected chi connectivity index (χ3v) is 5.59. The van der Waals surface area contributed by atoms with Gasteiger partial charge in [0.25, 0.3) is 5.91 Å². The van der Waals surface area contributed by atoms with Gasteiger partial charge in [0.15, 0.2) is 23.3 Å². The Labute approximate surface area is 192 Å². The van der Waals surface area contributed by atoms with Crippen LogP contribution in [-0.4, -0.2) is 15.7 Å². The summed E-state index contributed by atoms with van der Waals surface area (Å²) in [5.74, 6) is -10.7. The number of hydrogen-bond acceptors (Lipinski definition) is 4. The number of aromatic nitrogens is 2. The zero-order valence-corrected chi connectivity index (χ0v) is 17.7. The summed E-state index contributed by atoms with van der Waals surface area (Å²) < 4.78 is 87.0. The number of halogens is 6. The Kier molecular flexibility index (Phi) is 6.59. The highest BCUT2D eigenvalue weighted by Crippen LogP contribution is 2.24. The minimum absolute atomic E-state index is 0.145. The number of rotatable bonds is 7. The molecule has 2 aromatic heterocycles. The molecule has 4 rings (SSSR count). The first kappa shape index (κ1) is 23.4. The van der Waals surface area contributed by atoms with Crippen LogP contribution in [0, 0.1) is 34.9 Å². The fraction of sp³-hybridized carbons (Fsp3) is 0.0909. The Bertz CT molecular complexity index is 1320. The SMILES string of the molecule is O=C(Nc1cnn(Cc2c(F)c(F)c(F)c(F)c2F)c1)c1cc(COc2ccc(F)cc2)cs1. The van der Waals surface area contributed by atoms with E-state index in [-0.39, 0.29) is 12.3 Å². The highest BCUT2D eigenvalue weighted by atomic mass is 32.1. The van der Waals surface area contributed by atoms with Gasteiger partial charge in [-0.25, -0.2) is 26.3 Å². The van der Waals surface area contributed by atoms with Crippen molar-refractivity contribution in [1.29, 1.82) is 0 Å². The van der Waals surface area contributed by atoms with Crippen molar-refractivity contribution < 1.29 is 35.9 Å². The van der Waals surface area contributed by atoms with E-state index in [1.54, 1.807) is 11.4 Å². The number of hydrogen-bond donors (Lipinski definition) is 1. The Morgan fingerprint density at radius 2 is 1.62 bits per heavy atom. The number of ether oxygens (including phenoxy) is 1. The van der Waals surface area contributed by atoms with Gasteiger partial charge in [0, 0.05) is 11.8 Å². The van der Waals surface area contributed by atoms with Gasteiger partial charge in [-0.3, -0.25) is 9.48 Å². The normalized spacial score (nSPS) is 11.0. The monoisotopic (exact) mass is 497 g/mol. The average molecular weight is 497 g/mol. The van der Waals surface area contributed by atoms with Crippen LogP contribution in [-0.2, 0) is 13.2 Å². The van der Waals surface area contributed by atoms with Gasteiger partial charge in [-0.2, -0.15) is 5.10 Å². The molecular formula is C22H13F6N3O2S. The molecule has 0 atom stereocenters. The third-order valence-electron chi connectivity index (χ3n) is 4.61. The summed E-state index contributed by atoms with van der Waals surface area (Å²) in [5, 5.41) is 8.01. The fourth-order valence-corrected chi connectivity index (χ4v) is 3.72. The van der Waals surface area contributed by atoms with Crippen LogP contribution in [0.1, 0.15) is 20.8 Å². The van der Waals surface area contributed by atoms with Crippen LogP contribution in [0.3, 0.4) is 0 Å². The minimum Gasteiger partial charge on any atom is -0.489 e. The summed E-state index contributed by atoms with van der Waals surface area (Å²) in [4.78, 5) is 12.8. The molecule has 2 aromatic carbocycles. The Morgan fingerprint density at radius 1 is 0.971 bits per heavy atom. The fourth-order valence-electron chi connectivity index (χ4n) is 2.93. The quantitative estimate of drug-likeness (QED) is 0.204. The zero-order valence-electron chi connectivity index (χ0n) is 16.9. The molecule has 34 heavy (non-hydrogen) atoms. The molecule has 0 spiro atoms. The Balaban J connectivity index is 1.39. The van der Waals surface area contributed by atoms with Crippen molar-refractivity contribution in [2.45, 2.75) is 13.2 Å². The van der Waals surface area contributed by atoms with E-state index in [1.165, 1.54) is 30.5 Å². The number of carbonyl (C=O) groups is 1. The predicted octanol–water partition coefficient (Wildman–Crippen LogP) is 5.66. The van der Waals surface area contributed by atoms with Gasteiger partial charge >= 0.3 is 0 Å². The Hall–Kier alpha value is -3.80. The molecule has 0 radical (unpaired) electrons. The summed E-state index contributed by atoms with van der Waals surface area (Å²) in [6.45, 7) is -0.596. The Morgan fingerprint density at radius 3 is 2.29 bits per heavy atom. The van der Waals surface area contributed by atoms with Gasteiger partial charge in [-0.05, 0) is 35.7 Å². The lowest BCUT2D eigenvalue weighted by molar-refractivity contribution is 0.103. The van der Waals surface area contributed by atoms with Crippen LogP contribution in [0.2, 0.25) is 0 Å². The van der Waals surface area contributed by atoms with Gasteiger partial charge in [-0.15, -0.1) is 11.3 Å². The topological polar surface area (TPSA) is 56.2 Å². The number of anilines is 1. The first-order chi connectivity index (χ1) is 16.2. The minimum atomic E-state index is -2.24. The van der Waals surface area contributed by atoms with E-state index in [1.807, 2.05) is 0 Å². The number of nitrogens with zero attached hydrogens (tertiary/aromatic N) is 2. The average Bonchev–Trinajstić information content (AvgIpc) is 3.48. The summed E-state index contributed by atoms with van der Waals surface area (Å²) >= 11 is 1.14. The summed E-state index contributed by atoms with van der Waals surface area (Å²) in [7, 11) is 0. The molecule has 0 unspecified atom stereocenters. The van der Waals surface area contributed by atoms with Gasteiger partial charge in [0.2, 0.25) is 5.82 Å². The highest BCUT2D eigenvalue weighted by molar-refractivity contribution is 7.12. The van der Waals surface area contributed by atoms with Crippen molar-refractivity contribution in [2.75, 3.05) is 5.32 Å². The van der Waals surface area contributed by atoms with Crippen LogP contribution >= 0.6 is 11.3 Å². The molecule has 2 heterocycles. The van der Waals surface area contributed by atoms with Crippen LogP contribution in [0.15, 0.2) is 48.1 Å². The summed E-state index contributed by atoms with van der Waals surface area (Å²) in [6.07, 6.45) is 2.35. The third kappa shape index (κ3) is 4.91. The van der Waals surface area contributed by atoms with Crippen molar-refractivity contribution in [3.05, 3.63) is 99.0 Å². The van der Waals surface area contributed by atoms with Crippen molar-refractivity contribution in [3.8, 4) is 5.75 Å². The van der Waals surface area contributed by atoms with E-state index in [9.17, 15) is 31.1 Å². The van der Waals surface area contributed by atoms with Crippen LogP contribution in [0.5, 0.6) is 5.75 Å². The molecular weight excluding hydrogens is 484 g/mol. The maximum Gasteiger partial charge on any atom is 0.265 e. The van der Waals surface area contributed by atoms with E-state index in [0.29, 0.717) is 16.2 Å². The molecule has 0 aliphatic carbocycles. The van der Waals surface area contributed by atoms with Gasteiger partial charge in [0.05, 0.1) is 28.9 Å². The smallest absolute Gasteiger partial charge is 0.265 e. The zero-order chi connectivity index (χ0) is 24.4. The highest BCUT2D eigenvalue weighted by Gasteiger charge is 2.26. The van der Waals surface area contributed by atoms with Crippen molar-refractivity contribution in [3.63, 3.8) is 0 Å². The van der Waals surface area contributed by atoms with E-state index >= 15 is 0 Å². The predicted molar refractivity (Wildman–Crippen MR) is 111 cm³/mol. The first-order valence-electron chi connectivity index (χ1n) is 9.53. The van der Waals surface area contributed by atoms with Crippen molar-refractivity contribution in [2.24, 2.45) is 0 Å². The van der Waals surface area contributed by atoms with Crippen LogP contribution in [0.25, 0.3) is 0 Å². The standard InChI is InChI=1S/C22H13F6N3O2S/c23-12-1-3-14(4-2-12)33-9-11-5-16(34-10-11)22(32)30-13-6-29-31(7-13)8-15-17(24)19(26)21(28)20(27)18(15)25/h1-7,10H,8-9H2,(H,30,32). The van der Waals surface area contributed by atoms with Gasteiger partial charge in [0.1, 0.15) is 18.2 Å². The van der Waals surface area contributed by atoms with Crippen LogP contribution in [0.4, 0.5) is 32.0 Å². The second kappa shape index (κ2) is 9.59. The lowest BCUT2D eigenvalue weighted by atomic mass is 10.1. The van der Waals surface area contributed by atoms with Crippen molar-refractivity contribution in [1.82, 2.24) is 9.78 Å². The van der Waals surface area contributed by atoms with E-state index in [2.05, 4.69) is 10.4 Å². The molecule has 176 valence electrons. The number of thiophene rings is 1. The van der Waals surface area contributed by atoms with Crippen molar-refractivity contribution >= 4 is 22.9 Å². The number of amides is 1. The number of nitrogens with one attached hydrogen (secondary N) is 1. The molecule has 0 bridgehead atoms. The largest absolute Gasteiger partial charge is 0.489 e. The molecule has 0 aliphatic heterocycles. The van der Waals surface area contributed by atoms with E-state index in [0.717, 1.165) is 22.2 Å². The van der Waals surface area contributed by atoms with Gasteiger partial charge in [-0.1, -0.05) is 0 Å². The lowest BCUT2D eigenvalue weighted by Gasteiger charge is -2.08. The van der Waals surface area contributed by atoms with Crippen LogP contribution < -0.4 is 10.1 Å². The molecule has 4 aromatic rings. The second-order valence-corrected chi connectivity index (χ2v) is 7.90. The number of carbonyl (C=O) groups excluding carboxylic acids is 1. The summed E-state index contributed by atoms with van der Waals surface area (Å²) in [6, 6.07) is 7.04. The lowest BCUT2D eigenvalue weighted by Crippen LogP contribution is -2.12. The number of benzene rings is 2.